The van der Waals surface area contributed by atoms with Gasteiger partial charge in [0.2, 0.25) is 5.88 Å². The molecule has 0 fully saturated rings. The number of rotatable bonds is 9. The molecular weight excluding hydrogens is 508 g/mol. The van der Waals surface area contributed by atoms with Crippen LogP contribution in [0.15, 0.2) is 73.1 Å². The van der Waals surface area contributed by atoms with Gasteiger partial charge in [-0.3, -0.25) is 14.8 Å². The van der Waals surface area contributed by atoms with E-state index in [9.17, 15) is 13.6 Å². The zero-order valence-corrected chi connectivity index (χ0v) is 21.4. The Morgan fingerprint density at radius 3 is 2.47 bits per heavy atom. The fourth-order valence-corrected chi connectivity index (χ4v) is 4.95. The van der Waals surface area contributed by atoms with Gasteiger partial charge in [-0.1, -0.05) is 35.9 Å². The quantitative estimate of drug-likeness (QED) is 0.238. The maximum Gasteiger partial charge on any atom is 0.213 e. The standard InChI is InChI=1S/C30H24ClF2N3O2/c1-38-27-9-6-19-2-3-21(28(19)36-27)15-26(37)16-22(12-18-13-24(32)17-25(33)14-18)30-29(34-10-11-35-30)20-4-7-23(31)8-5-20/h3-11,13-14,17,22H,2,12,15-16H2,1H3. The lowest BCUT2D eigenvalue weighted by atomic mass is 9.87. The number of benzene rings is 2. The largest absolute Gasteiger partial charge is 0.481 e. The summed E-state index contributed by atoms with van der Waals surface area (Å²) in [4.78, 5) is 27.1. The van der Waals surface area contributed by atoms with Crippen molar-refractivity contribution in [3.8, 4) is 17.1 Å². The maximum atomic E-state index is 14.0. The SMILES string of the molecule is COc1ccc2c(n1)C(CC(=O)CC(Cc1cc(F)cc(F)c1)c1nccnc1-c1ccc(Cl)cc1)=CC2. The Hall–Kier alpha value is -3.97. The van der Waals surface area contributed by atoms with E-state index in [-0.39, 0.29) is 25.0 Å². The Morgan fingerprint density at radius 2 is 1.74 bits per heavy atom. The van der Waals surface area contributed by atoms with Gasteiger partial charge in [0.25, 0.3) is 0 Å². The van der Waals surface area contributed by atoms with Gasteiger partial charge in [0.05, 0.1) is 24.2 Å². The van der Waals surface area contributed by atoms with Gasteiger partial charge in [0.15, 0.2) is 0 Å². The first-order valence-corrected chi connectivity index (χ1v) is 12.5. The summed E-state index contributed by atoms with van der Waals surface area (Å²) in [5.41, 5.74) is 5.04. The molecule has 8 heteroatoms. The fourth-order valence-electron chi connectivity index (χ4n) is 4.83. The summed E-state index contributed by atoms with van der Waals surface area (Å²) in [7, 11) is 1.55. The second-order valence-corrected chi connectivity index (χ2v) is 9.63. The van der Waals surface area contributed by atoms with Crippen molar-refractivity contribution in [2.45, 2.75) is 31.6 Å². The van der Waals surface area contributed by atoms with Gasteiger partial charge in [0, 0.05) is 53.9 Å². The van der Waals surface area contributed by atoms with Crippen molar-refractivity contribution >= 4 is 23.0 Å². The van der Waals surface area contributed by atoms with E-state index in [0.717, 1.165) is 28.5 Å². The molecule has 38 heavy (non-hydrogen) atoms. The summed E-state index contributed by atoms with van der Waals surface area (Å²) in [5, 5.41) is 0.580. The van der Waals surface area contributed by atoms with Crippen LogP contribution >= 0.6 is 11.6 Å². The van der Waals surface area contributed by atoms with Gasteiger partial charge in [0.1, 0.15) is 17.4 Å². The number of hydrogen-bond acceptors (Lipinski definition) is 5. The minimum Gasteiger partial charge on any atom is -0.481 e. The number of fused-ring (bicyclic) bond motifs is 1. The van der Waals surface area contributed by atoms with Gasteiger partial charge in [-0.15, -0.1) is 0 Å². The van der Waals surface area contributed by atoms with E-state index < -0.39 is 17.6 Å². The molecule has 2 aromatic heterocycles. The van der Waals surface area contributed by atoms with Gasteiger partial charge in [-0.2, -0.15) is 0 Å². The number of ketones is 1. The molecule has 0 saturated carbocycles. The van der Waals surface area contributed by atoms with Crippen molar-refractivity contribution in [1.29, 1.82) is 0 Å². The van der Waals surface area contributed by atoms with Crippen LogP contribution in [0.3, 0.4) is 0 Å². The molecule has 5 rings (SSSR count). The highest BCUT2D eigenvalue weighted by Gasteiger charge is 2.25. The Labute approximate surface area is 224 Å². The maximum absolute atomic E-state index is 14.0. The fraction of sp³-hybridized carbons (Fsp3) is 0.200. The van der Waals surface area contributed by atoms with E-state index in [1.165, 1.54) is 12.1 Å². The summed E-state index contributed by atoms with van der Waals surface area (Å²) >= 11 is 6.07. The molecule has 1 aliphatic rings. The van der Waals surface area contributed by atoms with Gasteiger partial charge >= 0.3 is 0 Å². The number of ether oxygens (including phenoxy) is 1. The lowest BCUT2D eigenvalue weighted by molar-refractivity contribution is -0.118. The molecule has 1 atom stereocenters. The van der Waals surface area contributed by atoms with Crippen molar-refractivity contribution in [3.05, 3.63) is 112 Å². The molecule has 5 nitrogen and oxygen atoms in total. The highest BCUT2D eigenvalue weighted by molar-refractivity contribution is 6.30. The number of aromatic nitrogens is 3. The number of nitrogens with zero attached hydrogens (tertiary/aromatic N) is 3. The van der Waals surface area contributed by atoms with Crippen molar-refractivity contribution < 1.29 is 18.3 Å². The monoisotopic (exact) mass is 531 g/mol. The molecule has 192 valence electrons. The van der Waals surface area contributed by atoms with Crippen LogP contribution in [0.4, 0.5) is 8.78 Å². The third-order valence-electron chi connectivity index (χ3n) is 6.53. The molecular formula is C30H24ClF2N3O2. The lowest BCUT2D eigenvalue weighted by Gasteiger charge is -2.19. The second kappa shape index (κ2) is 11.2. The molecule has 1 aliphatic carbocycles. The topological polar surface area (TPSA) is 65.0 Å². The van der Waals surface area contributed by atoms with Crippen LogP contribution in [0.25, 0.3) is 16.8 Å². The number of carbonyl (C=O) groups excluding carboxylic acids is 1. The summed E-state index contributed by atoms with van der Waals surface area (Å²) in [6, 6.07) is 14.3. The molecule has 4 aromatic rings. The number of pyridine rings is 1. The van der Waals surface area contributed by atoms with Crippen LogP contribution in [0.2, 0.25) is 5.02 Å². The van der Waals surface area contributed by atoms with Crippen LogP contribution in [0.5, 0.6) is 5.88 Å². The van der Waals surface area contributed by atoms with Crippen LogP contribution in [0.1, 0.15) is 41.3 Å². The molecule has 0 aliphatic heterocycles. The minimum absolute atomic E-state index is 0.0386. The van der Waals surface area contributed by atoms with E-state index in [4.69, 9.17) is 16.3 Å². The summed E-state index contributed by atoms with van der Waals surface area (Å²) in [6.45, 7) is 0. The first kappa shape index (κ1) is 25.7. The van der Waals surface area contributed by atoms with Gasteiger partial charge in [-0.25, -0.2) is 13.8 Å². The van der Waals surface area contributed by atoms with Gasteiger partial charge < -0.3 is 4.74 Å². The average molecular weight is 532 g/mol. The van der Waals surface area contributed by atoms with Crippen molar-refractivity contribution in [1.82, 2.24) is 15.0 Å². The van der Waals surface area contributed by atoms with E-state index >= 15 is 0 Å². The molecule has 1 unspecified atom stereocenters. The molecule has 0 radical (unpaired) electrons. The normalized spacial score (nSPS) is 13.1. The number of methoxy groups -OCH3 is 1. The average Bonchev–Trinajstić information content (AvgIpc) is 3.29. The van der Waals surface area contributed by atoms with Crippen molar-refractivity contribution in [2.75, 3.05) is 7.11 Å². The van der Waals surface area contributed by atoms with Crippen molar-refractivity contribution in [3.63, 3.8) is 0 Å². The predicted octanol–water partition coefficient (Wildman–Crippen LogP) is 6.79. The Kier molecular flexibility index (Phi) is 7.56. The third kappa shape index (κ3) is 5.78. The van der Waals surface area contributed by atoms with E-state index in [0.29, 0.717) is 34.3 Å². The highest BCUT2D eigenvalue weighted by atomic mass is 35.5. The second-order valence-electron chi connectivity index (χ2n) is 9.19. The Balaban J connectivity index is 1.46. The molecule has 0 N–H and O–H groups in total. The molecule has 2 heterocycles. The van der Waals surface area contributed by atoms with Gasteiger partial charge in [-0.05, 0) is 53.8 Å². The van der Waals surface area contributed by atoms with Crippen LogP contribution in [-0.2, 0) is 17.6 Å². The number of Topliss-reactive ketones (excluding diaryl/α,β-unsaturated/α-hetero) is 1. The highest BCUT2D eigenvalue weighted by Crippen LogP contribution is 2.35. The van der Waals surface area contributed by atoms with E-state index in [2.05, 4.69) is 15.0 Å². The number of carbonyl (C=O) groups is 1. The first-order chi connectivity index (χ1) is 18.4. The summed E-state index contributed by atoms with van der Waals surface area (Å²) < 4.78 is 33.3. The Morgan fingerprint density at radius 1 is 1.00 bits per heavy atom. The third-order valence-corrected chi connectivity index (χ3v) is 6.78. The number of halogens is 3. The Bertz CT molecular complexity index is 1500. The summed E-state index contributed by atoms with van der Waals surface area (Å²) in [6.07, 6.45) is 6.34. The summed E-state index contributed by atoms with van der Waals surface area (Å²) in [5.74, 6) is -1.36. The predicted molar refractivity (Wildman–Crippen MR) is 142 cm³/mol. The molecule has 0 bridgehead atoms. The minimum atomic E-state index is -0.671. The molecule has 0 amide bonds. The zero-order valence-electron chi connectivity index (χ0n) is 20.6. The van der Waals surface area contributed by atoms with Crippen LogP contribution < -0.4 is 4.74 Å². The lowest BCUT2D eigenvalue weighted by Crippen LogP contribution is -2.14. The molecule has 0 spiro atoms. The smallest absolute Gasteiger partial charge is 0.213 e. The number of hydrogen-bond donors (Lipinski definition) is 0. The van der Waals surface area contributed by atoms with Crippen LogP contribution in [-0.4, -0.2) is 27.8 Å². The molecule has 0 saturated heterocycles. The van der Waals surface area contributed by atoms with E-state index in [1.54, 1.807) is 37.7 Å². The molecule has 2 aromatic carbocycles. The van der Waals surface area contributed by atoms with Crippen LogP contribution in [0, 0.1) is 11.6 Å². The first-order valence-electron chi connectivity index (χ1n) is 12.2. The zero-order chi connectivity index (χ0) is 26.6. The van der Waals surface area contributed by atoms with Crippen molar-refractivity contribution in [2.24, 2.45) is 0 Å². The van der Waals surface area contributed by atoms with E-state index in [1.807, 2.05) is 24.3 Å². The number of allylic oxidation sites excluding steroid dienone is 2.